The highest BCUT2D eigenvalue weighted by Gasteiger charge is 2.16. The van der Waals surface area contributed by atoms with Crippen LogP contribution in [0.15, 0.2) is 42.2 Å². The number of hydrogen-bond donors (Lipinski definition) is 1. The Morgan fingerprint density at radius 1 is 1.00 bits per heavy atom. The Bertz CT molecular complexity index is 613. The number of fused-ring (bicyclic) bond motifs is 1. The summed E-state index contributed by atoms with van der Waals surface area (Å²) in [5.41, 5.74) is 10.8. The summed E-state index contributed by atoms with van der Waals surface area (Å²) in [6, 6.07) is 6.05. The van der Waals surface area contributed by atoms with Crippen LogP contribution in [0.25, 0.3) is 11.0 Å². The van der Waals surface area contributed by atoms with E-state index in [1.54, 1.807) is 12.4 Å². The maximum atomic E-state index is 6.52. The molecule has 3 heteroatoms. The quantitative estimate of drug-likeness (QED) is 0.839. The second-order valence-electron chi connectivity index (χ2n) is 5.48. The molecule has 2 aromatic rings. The Morgan fingerprint density at radius 2 is 1.85 bits per heavy atom. The summed E-state index contributed by atoms with van der Waals surface area (Å²) in [6.45, 7) is 0. The van der Waals surface area contributed by atoms with Crippen LogP contribution >= 0.6 is 0 Å². The molecule has 1 aliphatic carbocycles. The maximum absolute atomic E-state index is 6.52. The van der Waals surface area contributed by atoms with Gasteiger partial charge in [-0.2, -0.15) is 0 Å². The average Bonchev–Trinajstić information content (AvgIpc) is 2.46. The van der Waals surface area contributed by atoms with Crippen LogP contribution in [0.5, 0.6) is 0 Å². The van der Waals surface area contributed by atoms with Crippen molar-refractivity contribution in [2.45, 2.75) is 44.6 Å². The van der Waals surface area contributed by atoms with Gasteiger partial charge in [-0.05, 0) is 31.7 Å². The van der Waals surface area contributed by atoms with Crippen LogP contribution in [0.4, 0.5) is 0 Å². The second kappa shape index (κ2) is 6.14. The van der Waals surface area contributed by atoms with Gasteiger partial charge in [0.25, 0.3) is 0 Å². The molecule has 0 saturated carbocycles. The lowest BCUT2D eigenvalue weighted by Gasteiger charge is -2.19. The highest BCUT2D eigenvalue weighted by Crippen LogP contribution is 2.29. The van der Waals surface area contributed by atoms with E-state index in [0.717, 1.165) is 29.4 Å². The van der Waals surface area contributed by atoms with Crippen molar-refractivity contribution in [1.82, 2.24) is 9.97 Å². The van der Waals surface area contributed by atoms with Gasteiger partial charge in [0.05, 0.1) is 17.1 Å². The third-order valence-electron chi connectivity index (χ3n) is 4.09. The van der Waals surface area contributed by atoms with Crippen LogP contribution in [-0.4, -0.2) is 9.97 Å². The normalized spacial score (nSPS) is 20.8. The number of nitrogens with zero attached hydrogens (tertiary/aromatic N) is 2. The molecule has 0 bridgehead atoms. The SMILES string of the molecule is NC(/C1=C/CCCCCC1)c1cccc2nccnc12. The van der Waals surface area contributed by atoms with Gasteiger partial charge in [0.2, 0.25) is 0 Å². The first-order chi connectivity index (χ1) is 9.86. The lowest BCUT2D eigenvalue weighted by Crippen LogP contribution is -2.15. The smallest absolute Gasteiger partial charge is 0.0937 e. The van der Waals surface area contributed by atoms with Crippen molar-refractivity contribution in [3.8, 4) is 0 Å². The van der Waals surface area contributed by atoms with E-state index in [4.69, 9.17) is 5.73 Å². The summed E-state index contributed by atoms with van der Waals surface area (Å²) in [4.78, 5) is 8.83. The standard InChI is InChI=1S/C17H21N3/c18-16(13-7-4-2-1-3-5-8-13)14-9-6-10-15-17(14)20-12-11-19-15/h6-7,9-12,16H,1-5,8,18H2/b13-7+. The molecule has 0 spiro atoms. The third-order valence-corrected chi connectivity index (χ3v) is 4.09. The largest absolute Gasteiger partial charge is 0.320 e. The van der Waals surface area contributed by atoms with Crippen molar-refractivity contribution in [3.63, 3.8) is 0 Å². The van der Waals surface area contributed by atoms with E-state index in [2.05, 4.69) is 22.1 Å². The van der Waals surface area contributed by atoms with Gasteiger partial charge in [-0.25, -0.2) is 0 Å². The maximum Gasteiger partial charge on any atom is 0.0937 e. The number of benzene rings is 1. The molecule has 1 atom stereocenters. The monoisotopic (exact) mass is 267 g/mol. The fraction of sp³-hybridized carbons (Fsp3) is 0.412. The van der Waals surface area contributed by atoms with E-state index in [-0.39, 0.29) is 6.04 Å². The first-order valence-electron chi connectivity index (χ1n) is 7.50. The van der Waals surface area contributed by atoms with Crippen molar-refractivity contribution >= 4 is 11.0 Å². The summed E-state index contributed by atoms with van der Waals surface area (Å²) in [7, 11) is 0. The Morgan fingerprint density at radius 3 is 2.80 bits per heavy atom. The Hall–Kier alpha value is -1.74. The van der Waals surface area contributed by atoms with Gasteiger partial charge >= 0.3 is 0 Å². The van der Waals surface area contributed by atoms with E-state index >= 15 is 0 Å². The lowest BCUT2D eigenvalue weighted by molar-refractivity contribution is 0.603. The fourth-order valence-corrected chi connectivity index (χ4v) is 2.96. The molecule has 0 aliphatic heterocycles. The predicted octanol–water partition coefficient (Wildman–Crippen LogP) is 3.91. The Balaban J connectivity index is 1.97. The fourth-order valence-electron chi connectivity index (χ4n) is 2.96. The number of rotatable bonds is 2. The molecule has 1 unspecified atom stereocenters. The summed E-state index contributed by atoms with van der Waals surface area (Å²) < 4.78 is 0. The average molecular weight is 267 g/mol. The minimum absolute atomic E-state index is 0.0477. The molecule has 20 heavy (non-hydrogen) atoms. The molecule has 1 aromatic heterocycles. The molecule has 1 heterocycles. The number of hydrogen-bond acceptors (Lipinski definition) is 3. The predicted molar refractivity (Wildman–Crippen MR) is 82.3 cm³/mol. The lowest BCUT2D eigenvalue weighted by atomic mass is 9.91. The zero-order valence-corrected chi connectivity index (χ0v) is 11.8. The van der Waals surface area contributed by atoms with Crippen molar-refractivity contribution in [1.29, 1.82) is 0 Å². The summed E-state index contributed by atoms with van der Waals surface area (Å²) in [6.07, 6.45) is 13.3. The van der Waals surface area contributed by atoms with Crippen molar-refractivity contribution in [2.24, 2.45) is 5.73 Å². The molecule has 0 amide bonds. The van der Waals surface area contributed by atoms with Crippen molar-refractivity contribution in [2.75, 3.05) is 0 Å². The molecule has 0 saturated heterocycles. The molecule has 1 aromatic carbocycles. The number of allylic oxidation sites excluding steroid dienone is 1. The van der Waals surface area contributed by atoms with Gasteiger partial charge in [0.15, 0.2) is 0 Å². The van der Waals surface area contributed by atoms with E-state index < -0.39 is 0 Å². The zero-order chi connectivity index (χ0) is 13.8. The topological polar surface area (TPSA) is 51.8 Å². The van der Waals surface area contributed by atoms with Crippen molar-refractivity contribution < 1.29 is 0 Å². The molecule has 0 radical (unpaired) electrons. The van der Waals surface area contributed by atoms with Gasteiger partial charge in [0.1, 0.15) is 0 Å². The van der Waals surface area contributed by atoms with Crippen LogP contribution < -0.4 is 5.73 Å². The Labute approximate surface area is 119 Å². The number of para-hydroxylation sites is 1. The highest BCUT2D eigenvalue weighted by molar-refractivity contribution is 5.78. The summed E-state index contributed by atoms with van der Waals surface area (Å²) >= 11 is 0. The molecule has 0 fully saturated rings. The molecule has 3 rings (SSSR count). The van der Waals surface area contributed by atoms with Gasteiger partial charge in [-0.15, -0.1) is 0 Å². The number of nitrogens with two attached hydrogens (primary N) is 1. The molecular formula is C17H21N3. The van der Waals surface area contributed by atoms with Crippen LogP contribution in [-0.2, 0) is 0 Å². The van der Waals surface area contributed by atoms with Gasteiger partial charge < -0.3 is 5.73 Å². The Kier molecular flexibility index (Phi) is 4.07. The third kappa shape index (κ3) is 2.73. The molecule has 3 nitrogen and oxygen atoms in total. The van der Waals surface area contributed by atoms with E-state index in [1.807, 2.05) is 12.1 Å². The zero-order valence-electron chi connectivity index (χ0n) is 11.8. The first kappa shape index (κ1) is 13.3. The van der Waals surface area contributed by atoms with E-state index in [0.29, 0.717) is 0 Å². The number of aromatic nitrogens is 2. The van der Waals surface area contributed by atoms with Crippen molar-refractivity contribution in [3.05, 3.63) is 47.8 Å². The van der Waals surface area contributed by atoms with Crippen LogP contribution in [0.2, 0.25) is 0 Å². The highest BCUT2D eigenvalue weighted by atomic mass is 14.8. The van der Waals surface area contributed by atoms with E-state index in [9.17, 15) is 0 Å². The minimum Gasteiger partial charge on any atom is -0.320 e. The molecular weight excluding hydrogens is 246 g/mol. The summed E-state index contributed by atoms with van der Waals surface area (Å²) in [5, 5.41) is 0. The van der Waals surface area contributed by atoms with Crippen LogP contribution in [0.3, 0.4) is 0 Å². The van der Waals surface area contributed by atoms with Crippen LogP contribution in [0.1, 0.15) is 50.1 Å². The molecule has 104 valence electrons. The first-order valence-corrected chi connectivity index (χ1v) is 7.50. The minimum atomic E-state index is -0.0477. The van der Waals surface area contributed by atoms with Gasteiger partial charge in [-0.1, -0.05) is 36.6 Å². The van der Waals surface area contributed by atoms with E-state index in [1.165, 1.54) is 31.3 Å². The summed E-state index contributed by atoms with van der Waals surface area (Å²) in [5.74, 6) is 0. The van der Waals surface area contributed by atoms with Crippen LogP contribution in [0, 0.1) is 0 Å². The van der Waals surface area contributed by atoms with Gasteiger partial charge in [-0.3, -0.25) is 9.97 Å². The molecule has 2 N–H and O–H groups in total. The molecule has 1 aliphatic rings. The van der Waals surface area contributed by atoms with Gasteiger partial charge in [0, 0.05) is 18.0 Å². The second-order valence-corrected chi connectivity index (χ2v) is 5.48.